The molecule has 192 valence electrons. The van der Waals surface area contributed by atoms with Crippen LogP contribution >= 0.6 is 11.3 Å². The van der Waals surface area contributed by atoms with E-state index in [9.17, 15) is 24.0 Å². The standard InChI is InChI=1S/C27H33N3O5S/c1-16(2)24(25(33)23-17(3)26(34)30-27(23)35)29-22(32)15-20(18-9-5-4-6-10-18)28-21(31)13-7-11-19-12-8-14-36-19/h4-6,8-10,12,14,16-17,20,23-24H,7,11,13,15H2,1-3H3,(H,28,31)(H,29,32)(H,30,34,35)/t17-,20+,23-,24-/m1/s1. The van der Waals surface area contributed by atoms with Gasteiger partial charge in [-0.05, 0) is 35.8 Å². The number of hydrogen-bond donors (Lipinski definition) is 3. The Kier molecular flexibility index (Phi) is 9.52. The molecular formula is C27H33N3O5S. The van der Waals surface area contributed by atoms with Crippen LogP contribution in [0.1, 0.15) is 56.5 Å². The Labute approximate surface area is 215 Å². The average Bonchev–Trinajstić information content (AvgIpc) is 3.44. The van der Waals surface area contributed by atoms with Gasteiger partial charge in [-0.3, -0.25) is 29.3 Å². The number of nitrogens with one attached hydrogen (secondary N) is 3. The number of imide groups is 1. The zero-order chi connectivity index (χ0) is 26.2. The third-order valence-corrected chi connectivity index (χ3v) is 7.31. The summed E-state index contributed by atoms with van der Waals surface area (Å²) in [5.41, 5.74) is 0.779. The Morgan fingerprint density at radius 2 is 1.69 bits per heavy atom. The van der Waals surface area contributed by atoms with Gasteiger partial charge in [0.1, 0.15) is 5.92 Å². The van der Waals surface area contributed by atoms with Crippen molar-refractivity contribution in [3.8, 4) is 0 Å². The lowest BCUT2D eigenvalue weighted by Gasteiger charge is -2.26. The highest BCUT2D eigenvalue weighted by molar-refractivity contribution is 7.09. The normalized spacial score (nSPS) is 19.0. The van der Waals surface area contributed by atoms with E-state index in [1.54, 1.807) is 25.2 Å². The molecule has 0 spiro atoms. The van der Waals surface area contributed by atoms with Crippen LogP contribution in [0, 0.1) is 17.8 Å². The molecule has 0 aliphatic carbocycles. The zero-order valence-electron chi connectivity index (χ0n) is 20.8. The van der Waals surface area contributed by atoms with Gasteiger partial charge in [0, 0.05) is 11.3 Å². The summed E-state index contributed by atoms with van der Waals surface area (Å²) in [7, 11) is 0. The first-order valence-electron chi connectivity index (χ1n) is 12.2. The summed E-state index contributed by atoms with van der Waals surface area (Å²) in [6.07, 6.45) is 1.78. The van der Waals surface area contributed by atoms with E-state index in [2.05, 4.69) is 16.0 Å². The fourth-order valence-corrected chi connectivity index (χ4v) is 5.08. The van der Waals surface area contributed by atoms with Crippen LogP contribution in [0.3, 0.4) is 0 Å². The highest BCUT2D eigenvalue weighted by Crippen LogP contribution is 2.24. The highest BCUT2D eigenvalue weighted by Gasteiger charge is 2.46. The molecule has 1 aliphatic rings. The van der Waals surface area contributed by atoms with Gasteiger partial charge in [0.15, 0.2) is 5.78 Å². The van der Waals surface area contributed by atoms with Crippen molar-refractivity contribution < 1.29 is 24.0 Å². The molecule has 9 heteroatoms. The molecule has 2 aromatic rings. The molecule has 8 nitrogen and oxygen atoms in total. The van der Waals surface area contributed by atoms with Crippen LogP contribution in [0.25, 0.3) is 0 Å². The van der Waals surface area contributed by atoms with Gasteiger partial charge >= 0.3 is 0 Å². The van der Waals surface area contributed by atoms with Crippen molar-refractivity contribution in [2.75, 3.05) is 0 Å². The van der Waals surface area contributed by atoms with E-state index in [0.717, 1.165) is 12.0 Å². The molecule has 3 rings (SSSR count). The van der Waals surface area contributed by atoms with Crippen LogP contribution in [-0.2, 0) is 30.4 Å². The fourth-order valence-electron chi connectivity index (χ4n) is 4.33. The van der Waals surface area contributed by atoms with E-state index >= 15 is 0 Å². The Morgan fingerprint density at radius 1 is 0.972 bits per heavy atom. The molecule has 1 aromatic heterocycles. The third kappa shape index (κ3) is 7.10. The summed E-state index contributed by atoms with van der Waals surface area (Å²) in [5.74, 6) is -4.38. The molecule has 4 amide bonds. The van der Waals surface area contributed by atoms with Crippen LogP contribution in [0.5, 0.6) is 0 Å². The number of amides is 4. The van der Waals surface area contributed by atoms with Crippen molar-refractivity contribution in [2.24, 2.45) is 17.8 Å². The van der Waals surface area contributed by atoms with Crippen LogP contribution in [0.4, 0.5) is 0 Å². The predicted molar refractivity (Wildman–Crippen MR) is 137 cm³/mol. The minimum absolute atomic E-state index is 0.0669. The second-order valence-corrected chi connectivity index (χ2v) is 10.5. The van der Waals surface area contributed by atoms with Crippen molar-refractivity contribution in [1.82, 2.24) is 16.0 Å². The van der Waals surface area contributed by atoms with Gasteiger partial charge in [0.05, 0.1) is 24.4 Å². The van der Waals surface area contributed by atoms with Gasteiger partial charge in [-0.15, -0.1) is 11.3 Å². The SMILES string of the molecule is CC(C)[C@@H](NC(=O)C[C@H](NC(=O)CCCc1cccs1)c1ccccc1)C(=O)[C@@H]1C(=O)NC(=O)[C@@H]1C. The quantitative estimate of drug-likeness (QED) is 0.299. The predicted octanol–water partition coefficient (Wildman–Crippen LogP) is 2.94. The van der Waals surface area contributed by atoms with Crippen molar-refractivity contribution in [1.29, 1.82) is 0 Å². The maximum absolute atomic E-state index is 13.1. The van der Waals surface area contributed by atoms with E-state index in [0.29, 0.717) is 12.8 Å². The summed E-state index contributed by atoms with van der Waals surface area (Å²) in [4.78, 5) is 64.1. The molecule has 1 fully saturated rings. The number of thiophene rings is 1. The fraction of sp³-hybridized carbons (Fsp3) is 0.444. The van der Waals surface area contributed by atoms with Crippen molar-refractivity contribution >= 4 is 40.7 Å². The van der Waals surface area contributed by atoms with Crippen molar-refractivity contribution in [3.05, 3.63) is 58.3 Å². The maximum Gasteiger partial charge on any atom is 0.238 e. The monoisotopic (exact) mass is 511 g/mol. The number of benzene rings is 1. The summed E-state index contributed by atoms with van der Waals surface area (Å²) >= 11 is 1.66. The maximum atomic E-state index is 13.1. The second-order valence-electron chi connectivity index (χ2n) is 9.48. The average molecular weight is 512 g/mol. The summed E-state index contributed by atoms with van der Waals surface area (Å²) in [6, 6.07) is 11.7. The van der Waals surface area contributed by atoms with Crippen LogP contribution in [0.15, 0.2) is 47.8 Å². The molecule has 0 unspecified atom stereocenters. The molecule has 1 aliphatic heterocycles. The Bertz CT molecular complexity index is 1080. The summed E-state index contributed by atoms with van der Waals surface area (Å²) < 4.78 is 0. The van der Waals surface area contributed by atoms with Gasteiger partial charge in [0.2, 0.25) is 23.6 Å². The number of Topliss-reactive ketones (excluding diaryl/α,β-unsaturated/α-hetero) is 1. The molecule has 1 aromatic carbocycles. The Morgan fingerprint density at radius 3 is 2.28 bits per heavy atom. The van der Waals surface area contributed by atoms with Gasteiger partial charge < -0.3 is 10.6 Å². The number of hydrogen-bond acceptors (Lipinski definition) is 6. The van der Waals surface area contributed by atoms with E-state index in [-0.39, 0.29) is 18.2 Å². The van der Waals surface area contributed by atoms with Gasteiger partial charge in [0.25, 0.3) is 0 Å². The highest BCUT2D eigenvalue weighted by atomic mass is 32.1. The van der Waals surface area contributed by atoms with Gasteiger partial charge in [-0.25, -0.2) is 0 Å². The molecule has 2 heterocycles. The third-order valence-electron chi connectivity index (χ3n) is 6.37. The molecule has 0 bridgehead atoms. The first kappa shape index (κ1) is 27.3. The van der Waals surface area contributed by atoms with E-state index in [1.807, 2.05) is 47.8 Å². The van der Waals surface area contributed by atoms with Crippen molar-refractivity contribution in [2.45, 2.75) is 58.5 Å². The topological polar surface area (TPSA) is 121 Å². The first-order valence-corrected chi connectivity index (χ1v) is 13.1. The minimum atomic E-state index is -1.13. The number of rotatable bonds is 12. The molecule has 0 radical (unpaired) electrons. The summed E-state index contributed by atoms with van der Waals surface area (Å²) in [5, 5.41) is 9.91. The Hall–Kier alpha value is -3.33. The molecule has 4 atom stereocenters. The van der Waals surface area contributed by atoms with Gasteiger partial charge in [-0.1, -0.05) is 57.2 Å². The molecule has 1 saturated heterocycles. The number of carbonyl (C=O) groups is 5. The lowest BCUT2D eigenvalue weighted by Crippen LogP contribution is -2.49. The molecule has 0 saturated carbocycles. The Balaban J connectivity index is 1.65. The van der Waals surface area contributed by atoms with Crippen molar-refractivity contribution in [3.63, 3.8) is 0 Å². The van der Waals surface area contributed by atoms with Crippen LogP contribution in [0.2, 0.25) is 0 Å². The molecule has 36 heavy (non-hydrogen) atoms. The largest absolute Gasteiger partial charge is 0.349 e. The zero-order valence-corrected chi connectivity index (χ0v) is 21.6. The van der Waals surface area contributed by atoms with Crippen LogP contribution in [-0.4, -0.2) is 35.5 Å². The molecule has 3 N–H and O–H groups in total. The van der Waals surface area contributed by atoms with Gasteiger partial charge in [-0.2, -0.15) is 0 Å². The number of ketones is 1. The van der Waals surface area contributed by atoms with E-state index in [4.69, 9.17) is 0 Å². The minimum Gasteiger partial charge on any atom is -0.349 e. The second kappa shape index (κ2) is 12.6. The number of carbonyl (C=O) groups excluding carboxylic acids is 5. The summed E-state index contributed by atoms with van der Waals surface area (Å²) in [6.45, 7) is 5.07. The van der Waals surface area contributed by atoms with E-state index in [1.165, 1.54) is 11.8 Å². The lowest BCUT2D eigenvalue weighted by atomic mass is 9.85. The smallest absolute Gasteiger partial charge is 0.238 e. The first-order chi connectivity index (χ1) is 17.2. The molecular weight excluding hydrogens is 478 g/mol. The van der Waals surface area contributed by atoms with E-state index < -0.39 is 47.4 Å². The van der Waals surface area contributed by atoms with Crippen LogP contribution < -0.4 is 16.0 Å². The number of aryl methyl sites for hydroxylation is 1. The lowest BCUT2D eigenvalue weighted by molar-refractivity contribution is -0.137.